The number of carboxylic acid groups (broad SMARTS) is 1. The van der Waals surface area contributed by atoms with Gasteiger partial charge in [-0.2, -0.15) is 0 Å². The lowest BCUT2D eigenvalue weighted by Gasteiger charge is -2.50. The van der Waals surface area contributed by atoms with Crippen LogP contribution < -0.4 is 4.74 Å². The molecule has 0 atom stereocenters. The van der Waals surface area contributed by atoms with Crippen molar-refractivity contribution in [3.63, 3.8) is 0 Å². The highest BCUT2D eigenvalue weighted by Crippen LogP contribution is 2.53. The predicted molar refractivity (Wildman–Crippen MR) is 126 cm³/mol. The van der Waals surface area contributed by atoms with E-state index >= 15 is 0 Å². The molecule has 0 radical (unpaired) electrons. The molecule has 2 heterocycles. The van der Waals surface area contributed by atoms with Crippen molar-refractivity contribution < 1.29 is 23.4 Å². The van der Waals surface area contributed by atoms with Crippen LogP contribution in [0.1, 0.15) is 38.5 Å². The van der Waals surface area contributed by atoms with Crippen molar-refractivity contribution >= 4 is 17.0 Å². The molecule has 2 aromatic carbocycles. The Labute approximate surface area is 200 Å². The molecule has 35 heavy (non-hydrogen) atoms. The molecule has 0 saturated heterocycles. The predicted octanol–water partition coefficient (Wildman–Crippen LogP) is 6.13. The van der Waals surface area contributed by atoms with Crippen LogP contribution in [0.25, 0.3) is 33.5 Å². The lowest BCUT2D eigenvalue weighted by atomic mass is 9.58. The zero-order chi connectivity index (χ0) is 24.2. The molecule has 3 saturated carbocycles. The number of hydrogen-bond acceptors (Lipinski definition) is 4. The van der Waals surface area contributed by atoms with Gasteiger partial charge in [-0.15, -0.1) is 0 Å². The summed E-state index contributed by atoms with van der Waals surface area (Å²) in [6.07, 6.45) is 5.68. The molecule has 7 rings (SSSR count). The number of benzene rings is 2. The van der Waals surface area contributed by atoms with Crippen molar-refractivity contribution in [3.05, 3.63) is 66.4 Å². The van der Waals surface area contributed by atoms with E-state index in [9.17, 15) is 18.7 Å². The molecule has 178 valence electrons. The summed E-state index contributed by atoms with van der Waals surface area (Å²) < 4.78 is 34.7. The van der Waals surface area contributed by atoms with E-state index in [1.165, 1.54) is 18.2 Å². The Morgan fingerprint density at radius 2 is 1.69 bits per heavy atom. The average Bonchev–Trinajstić information content (AvgIpc) is 3.28. The van der Waals surface area contributed by atoms with E-state index in [2.05, 4.69) is 15.0 Å². The second-order valence-corrected chi connectivity index (χ2v) is 9.70. The van der Waals surface area contributed by atoms with Crippen LogP contribution in [0.2, 0.25) is 0 Å². The van der Waals surface area contributed by atoms with Crippen molar-refractivity contribution in [2.75, 3.05) is 0 Å². The lowest BCUT2D eigenvalue weighted by molar-refractivity contribution is -0.162. The minimum atomic E-state index is -0.694. The Morgan fingerprint density at radius 1 is 0.943 bits per heavy atom. The topological polar surface area (TPSA) is 88.1 Å². The number of fused-ring (bicyclic) bond motifs is 4. The first kappa shape index (κ1) is 21.7. The van der Waals surface area contributed by atoms with Crippen LogP contribution in [-0.4, -0.2) is 31.6 Å². The number of hydrogen-bond donors (Lipinski definition) is 2. The molecule has 0 unspecified atom stereocenters. The summed E-state index contributed by atoms with van der Waals surface area (Å²) in [4.78, 5) is 23.4. The highest BCUT2D eigenvalue weighted by molar-refractivity contribution is 5.80. The number of nitrogens with one attached hydrogen (secondary N) is 1. The van der Waals surface area contributed by atoms with E-state index in [0.29, 0.717) is 72.4 Å². The number of aliphatic carboxylic acids is 1. The van der Waals surface area contributed by atoms with Gasteiger partial charge in [0.1, 0.15) is 23.1 Å². The van der Waals surface area contributed by atoms with Crippen molar-refractivity contribution in [2.45, 2.75) is 44.1 Å². The van der Waals surface area contributed by atoms with E-state index in [-0.39, 0.29) is 11.4 Å². The van der Waals surface area contributed by atoms with E-state index < -0.39 is 17.2 Å². The number of carboxylic acids is 1. The van der Waals surface area contributed by atoms with Crippen LogP contribution in [-0.2, 0) is 4.79 Å². The zero-order valence-corrected chi connectivity index (χ0v) is 18.9. The zero-order valence-electron chi connectivity index (χ0n) is 18.9. The van der Waals surface area contributed by atoms with Gasteiger partial charge in [0.15, 0.2) is 0 Å². The van der Waals surface area contributed by atoms with E-state index in [1.807, 2.05) is 6.07 Å². The highest BCUT2D eigenvalue weighted by Gasteiger charge is 2.54. The molecule has 2 aromatic heterocycles. The fourth-order valence-corrected chi connectivity index (χ4v) is 5.45. The Balaban J connectivity index is 1.19. The van der Waals surface area contributed by atoms with Crippen LogP contribution in [0.5, 0.6) is 5.88 Å². The monoisotopic (exact) mass is 475 g/mol. The molecular weight excluding hydrogens is 452 g/mol. The standard InChI is InChI=1S/C27H23F2N3O3/c28-18-3-5-21-22(14-18)32-24(31-21)19-4-1-16(13-20(19)29)17-2-6-23(30-15-17)35-27-10-7-26(8-11-27,9-12-27)25(33)34/h1-6,13-15H,7-12H2,(H,31,32)(H,33,34). The third-order valence-corrected chi connectivity index (χ3v) is 7.69. The van der Waals surface area contributed by atoms with Gasteiger partial charge in [-0.3, -0.25) is 4.79 Å². The molecule has 4 aromatic rings. The Bertz CT molecular complexity index is 1420. The minimum absolute atomic E-state index is 0.296. The van der Waals surface area contributed by atoms with Crippen molar-refractivity contribution in [3.8, 4) is 28.4 Å². The first-order valence-electron chi connectivity index (χ1n) is 11.7. The SMILES string of the molecule is O=C(O)C12CCC(Oc3ccc(-c4ccc(-c5nc6ccc(F)cc6[nH]5)c(F)c4)cn3)(CC1)CC2. The fourth-order valence-electron chi connectivity index (χ4n) is 5.45. The summed E-state index contributed by atoms with van der Waals surface area (Å²) in [6, 6.07) is 12.7. The number of halogens is 2. The van der Waals surface area contributed by atoms with E-state index in [0.717, 1.165) is 5.56 Å². The highest BCUT2D eigenvalue weighted by atomic mass is 19.1. The van der Waals surface area contributed by atoms with Crippen LogP contribution in [0.4, 0.5) is 8.78 Å². The van der Waals surface area contributed by atoms with Crippen LogP contribution in [0, 0.1) is 17.0 Å². The third-order valence-electron chi connectivity index (χ3n) is 7.69. The van der Waals surface area contributed by atoms with Gasteiger partial charge in [-0.25, -0.2) is 18.7 Å². The third kappa shape index (κ3) is 3.73. The number of H-pyrrole nitrogens is 1. The Kier molecular flexibility index (Phi) is 4.88. The maximum absolute atomic E-state index is 15.0. The molecular formula is C27H23F2N3O3. The second-order valence-electron chi connectivity index (χ2n) is 9.70. The molecule has 0 amide bonds. The maximum Gasteiger partial charge on any atom is 0.309 e. The summed E-state index contributed by atoms with van der Waals surface area (Å²) in [5, 5.41) is 9.57. The van der Waals surface area contributed by atoms with Gasteiger partial charge in [0.05, 0.1) is 22.0 Å². The Morgan fingerprint density at radius 3 is 2.34 bits per heavy atom. The number of imidazole rings is 1. The molecule has 2 bridgehead atoms. The number of pyridine rings is 1. The minimum Gasteiger partial charge on any atom is -0.481 e. The summed E-state index contributed by atoms with van der Waals surface area (Å²) in [7, 11) is 0. The normalized spacial score (nSPS) is 23.5. The van der Waals surface area contributed by atoms with Crippen molar-refractivity contribution in [1.29, 1.82) is 0 Å². The smallest absolute Gasteiger partial charge is 0.309 e. The molecule has 0 spiro atoms. The second kappa shape index (κ2) is 7.86. The molecule has 6 nitrogen and oxygen atoms in total. The van der Waals surface area contributed by atoms with Gasteiger partial charge < -0.3 is 14.8 Å². The van der Waals surface area contributed by atoms with Gasteiger partial charge in [0.25, 0.3) is 0 Å². The van der Waals surface area contributed by atoms with Gasteiger partial charge in [0, 0.05) is 17.8 Å². The fraction of sp³-hybridized carbons (Fsp3) is 0.296. The molecule has 8 heteroatoms. The number of rotatable bonds is 5. The molecule has 3 aliphatic rings. The number of aromatic amines is 1. The maximum atomic E-state index is 15.0. The van der Waals surface area contributed by atoms with Gasteiger partial charge in [0.2, 0.25) is 5.88 Å². The number of nitrogens with zero attached hydrogens (tertiary/aromatic N) is 2. The van der Waals surface area contributed by atoms with Crippen LogP contribution in [0.15, 0.2) is 54.7 Å². The van der Waals surface area contributed by atoms with Gasteiger partial charge in [-0.1, -0.05) is 6.07 Å². The first-order chi connectivity index (χ1) is 16.8. The average molecular weight is 475 g/mol. The summed E-state index contributed by atoms with van der Waals surface area (Å²) in [6.45, 7) is 0. The van der Waals surface area contributed by atoms with Gasteiger partial charge >= 0.3 is 5.97 Å². The lowest BCUT2D eigenvalue weighted by Crippen LogP contribution is -2.52. The molecule has 3 fully saturated rings. The number of carbonyl (C=O) groups is 1. The molecule has 0 aliphatic heterocycles. The largest absolute Gasteiger partial charge is 0.481 e. The summed E-state index contributed by atoms with van der Waals surface area (Å²) in [5.74, 6) is -0.704. The Hall–Kier alpha value is -3.81. The molecule has 2 N–H and O–H groups in total. The summed E-state index contributed by atoms with van der Waals surface area (Å²) >= 11 is 0. The van der Waals surface area contributed by atoms with E-state index in [4.69, 9.17) is 4.74 Å². The van der Waals surface area contributed by atoms with Gasteiger partial charge in [-0.05, 0) is 80.5 Å². The summed E-state index contributed by atoms with van der Waals surface area (Å²) in [5.41, 5.74) is 1.83. The van der Waals surface area contributed by atoms with E-state index in [1.54, 1.807) is 30.5 Å². The van der Waals surface area contributed by atoms with Crippen molar-refractivity contribution in [2.24, 2.45) is 5.41 Å². The first-order valence-corrected chi connectivity index (χ1v) is 11.7. The van der Waals surface area contributed by atoms with Crippen LogP contribution in [0.3, 0.4) is 0 Å². The number of aromatic nitrogens is 3. The molecule has 3 aliphatic carbocycles. The van der Waals surface area contributed by atoms with Crippen LogP contribution >= 0.6 is 0 Å². The number of ether oxygens (including phenoxy) is 1. The quantitative estimate of drug-likeness (QED) is 0.363. The van der Waals surface area contributed by atoms with Crippen molar-refractivity contribution in [1.82, 2.24) is 15.0 Å².